The van der Waals surface area contributed by atoms with Gasteiger partial charge in [-0.15, -0.1) is 0 Å². The predicted molar refractivity (Wildman–Crippen MR) is 85.2 cm³/mol. The number of nitrogens with zero attached hydrogens (tertiary/aromatic N) is 2. The first-order valence-corrected chi connectivity index (χ1v) is 7.77. The van der Waals surface area contributed by atoms with Gasteiger partial charge in [-0.3, -0.25) is 4.79 Å². The van der Waals surface area contributed by atoms with Gasteiger partial charge >= 0.3 is 12.3 Å². The SMILES string of the molecule is C[N+]1(C)C=C(C(=O)Nc2ccccc2OC(F)(F)C(F)C(F)(F)F)C(C(F)F)=N1. The molecule has 0 radical (unpaired) electrons. The number of para-hydroxylation sites is 2. The molecule has 1 amide bonds. The van der Waals surface area contributed by atoms with Crippen molar-refractivity contribution in [1.29, 1.82) is 0 Å². The van der Waals surface area contributed by atoms with E-state index in [-0.39, 0.29) is 0 Å². The minimum Gasteiger partial charge on any atom is -0.428 e. The molecule has 13 heteroatoms. The molecule has 1 aliphatic rings. The van der Waals surface area contributed by atoms with E-state index in [9.17, 15) is 39.9 Å². The van der Waals surface area contributed by atoms with Crippen LogP contribution in [0.25, 0.3) is 0 Å². The average molecular weight is 432 g/mol. The maximum atomic E-state index is 13.5. The third-order valence-corrected chi connectivity index (χ3v) is 3.50. The molecule has 1 aromatic rings. The Morgan fingerprint density at radius 3 is 2.24 bits per heavy atom. The zero-order chi connectivity index (χ0) is 22.2. The third-order valence-electron chi connectivity index (χ3n) is 3.50. The Hall–Kier alpha value is -2.70. The van der Waals surface area contributed by atoms with E-state index < -0.39 is 58.1 Å². The van der Waals surface area contributed by atoms with Crippen LogP contribution in [-0.2, 0) is 4.79 Å². The van der Waals surface area contributed by atoms with Gasteiger partial charge in [0.25, 0.3) is 18.5 Å². The quantitative estimate of drug-likeness (QED) is 0.544. The summed E-state index contributed by atoms with van der Waals surface area (Å²) >= 11 is 0. The van der Waals surface area contributed by atoms with E-state index in [1.54, 1.807) is 0 Å². The smallest absolute Gasteiger partial charge is 0.428 e. The lowest BCUT2D eigenvalue weighted by Gasteiger charge is -2.24. The number of benzene rings is 1. The number of carbonyl (C=O) groups excluding carboxylic acids is 1. The molecule has 5 nitrogen and oxygen atoms in total. The highest BCUT2D eigenvalue weighted by Crippen LogP contribution is 2.38. The molecule has 160 valence electrons. The predicted octanol–water partition coefficient (Wildman–Crippen LogP) is 4.09. The molecule has 0 saturated heterocycles. The summed E-state index contributed by atoms with van der Waals surface area (Å²) < 4.78 is 106. The summed E-state index contributed by atoms with van der Waals surface area (Å²) in [4.78, 5) is 12.3. The van der Waals surface area contributed by atoms with Crippen molar-refractivity contribution in [3.8, 4) is 5.75 Å². The van der Waals surface area contributed by atoms with Gasteiger partial charge in [0.2, 0.25) is 0 Å². The van der Waals surface area contributed by atoms with E-state index in [1.165, 1.54) is 20.2 Å². The zero-order valence-electron chi connectivity index (χ0n) is 14.8. The fourth-order valence-corrected chi connectivity index (χ4v) is 2.32. The molecular formula is C16H14F8N3O2+. The molecule has 0 fully saturated rings. The van der Waals surface area contributed by atoms with Gasteiger partial charge in [-0.2, -0.15) is 26.5 Å². The molecule has 2 rings (SSSR count). The first-order valence-electron chi connectivity index (χ1n) is 7.77. The second-order valence-corrected chi connectivity index (χ2v) is 6.33. The van der Waals surface area contributed by atoms with E-state index in [4.69, 9.17) is 0 Å². The van der Waals surface area contributed by atoms with E-state index in [0.29, 0.717) is 0 Å². The number of carbonyl (C=O) groups is 1. The Morgan fingerprint density at radius 2 is 1.69 bits per heavy atom. The number of ether oxygens (including phenoxy) is 1. The number of halogens is 8. The van der Waals surface area contributed by atoms with Gasteiger partial charge in [-0.25, -0.2) is 13.2 Å². The molecule has 1 N–H and O–H groups in total. The normalized spacial score (nSPS) is 17.6. The highest BCUT2D eigenvalue weighted by Gasteiger charge is 2.59. The van der Waals surface area contributed by atoms with Gasteiger partial charge in [0.15, 0.2) is 5.71 Å². The van der Waals surface area contributed by atoms with Crippen molar-refractivity contribution in [2.75, 3.05) is 19.4 Å². The van der Waals surface area contributed by atoms with Crippen molar-refractivity contribution < 1.29 is 49.2 Å². The minimum atomic E-state index is -5.90. The molecule has 0 spiro atoms. The van der Waals surface area contributed by atoms with E-state index in [0.717, 1.165) is 24.4 Å². The van der Waals surface area contributed by atoms with Crippen molar-refractivity contribution in [3.05, 3.63) is 36.0 Å². The van der Waals surface area contributed by atoms with E-state index >= 15 is 0 Å². The van der Waals surface area contributed by atoms with Crippen molar-refractivity contribution in [3.63, 3.8) is 0 Å². The summed E-state index contributed by atoms with van der Waals surface area (Å²) in [6.45, 7) is 0. The largest absolute Gasteiger partial charge is 0.439 e. The summed E-state index contributed by atoms with van der Waals surface area (Å²) in [6, 6.07) is 3.97. The van der Waals surface area contributed by atoms with Crippen LogP contribution in [0.5, 0.6) is 5.75 Å². The lowest BCUT2D eigenvalue weighted by Crippen LogP contribution is -2.45. The number of nitrogens with one attached hydrogen (secondary N) is 1. The average Bonchev–Trinajstić information content (AvgIpc) is 2.91. The fourth-order valence-electron chi connectivity index (χ4n) is 2.32. The Kier molecular flexibility index (Phi) is 5.93. The van der Waals surface area contributed by atoms with Gasteiger partial charge in [-0.05, 0) is 12.1 Å². The number of quaternary nitrogens is 1. The van der Waals surface area contributed by atoms with Crippen LogP contribution in [0.2, 0.25) is 0 Å². The van der Waals surface area contributed by atoms with Crippen molar-refractivity contribution in [1.82, 2.24) is 0 Å². The Morgan fingerprint density at radius 1 is 1.10 bits per heavy atom. The molecule has 29 heavy (non-hydrogen) atoms. The second-order valence-electron chi connectivity index (χ2n) is 6.33. The summed E-state index contributed by atoms with van der Waals surface area (Å²) in [6.07, 6.45) is -17.9. The van der Waals surface area contributed by atoms with Crippen LogP contribution in [0.15, 0.2) is 41.1 Å². The molecule has 0 bridgehead atoms. The molecular weight excluding hydrogens is 418 g/mol. The maximum absolute atomic E-state index is 13.5. The number of amides is 1. The summed E-state index contributed by atoms with van der Waals surface area (Å²) in [5.41, 5.74) is -2.01. The molecule has 1 unspecified atom stereocenters. The topological polar surface area (TPSA) is 50.7 Å². The summed E-state index contributed by atoms with van der Waals surface area (Å²) in [5.74, 6) is -2.19. The monoisotopic (exact) mass is 432 g/mol. The van der Waals surface area contributed by atoms with Crippen LogP contribution in [0, 0.1) is 0 Å². The first-order chi connectivity index (χ1) is 13.1. The second kappa shape index (κ2) is 7.61. The van der Waals surface area contributed by atoms with Crippen LogP contribution >= 0.6 is 0 Å². The van der Waals surface area contributed by atoms with Crippen molar-refractivity contribution >= 4 is 17.3 Å². The van der Waals surface area contributed by atoms with Crippen LogP contribution in [0.4, 0.5) is 40.8 Å². The highest BCUT2D eigenvalue weighted by atomic mass is 19.4. The molecule has 1 heterocycles. The van der Waals surface area contributed by atoms with Crippen LogP contribution in [0.1, 0.15) is 0 Å². The number of hydrogen-bond acceptors (Lipinski definition) is 3. The highest BCUT2D eigenvalue weighted by molar-refractivity contribution is 6.26. The Labute approximate surface area is 158 Å². The fraction of sp³-hybridized carbons (Fsp3) is 0.375. The van der Waals surface area contributed by atoms with Crippen LogP contribution in [0.3, 0.4) is 0 Å². The lowest BCUT2D eigenvalue weighted by atomic mass is 10.1. The number of alkyl halides is 8. The van der Waals surface area contributed by atoms with Gasteiger partial charge in [0, 0.05) is 0 Å². The van der Waals surface area contributed by atoms with Gasteiger partial charge in [-0.1, -0.05) is 17.2 Å². The number of anilines is 1. The van der Waals surface area contributed by atoms with Crippen LogP contribution in [-0.4, -0.2) is 55.2 Å². The number of rotatable bonds is 6. The van der Waals surface area contributed by atoms with Gasteiger partial charge in [0.1, 0.15) is 17.5 Å². The summed E-state index contributed by atoms with van der Waals surface area (Å²) in [7, 11) is 2.75. The van der Waals surface area contributed by atoms with E-state index in [2.05, 4.69) is 9.84 Å². The Bertz CT molecular complexity index is 849. The molecule has 1 aliphatic heterocycles. The summed E-state index contributed by atoms with van der Waals surface area (Å²) in [5, 5.41) is 5.60. The molecule has 0 aromatic heterocycles. The van der Waals surface area contributed by atoms with Gasteiger partial charge in [0.05, 0.1) is 19.8 Å². The first kappa shape index (κ1) is 22.6. The third kappa shape index (κ3) is 5.22. The van der Waals surface area contributed by atoms with Gasteiger partial charge < -0.3 is 10.1 Å². The van der Waals surface area contributed by atoms with Crippen molar-refractivity contribution in [2.45, 2.75) is 24.9 Å². The van der Waals surface area contributed by atoms with Crippen molar-refractivity contribution in [2.24, 2.45) is 5.10 Å². The Balaban J connectivity index is 2.28. The molecule has 1 aromatic carbocycles. The zero-order valence-corrected chi connectivity index (χ0v) is 14.8. The van der Waals surface area contributed by atoms with E-state index in [1.807, 2.05) is 5.32 Å². The van der Waals surface area contributed by atoms with Crippen LogP contribution < -0.4 is 10.1 Å². The minimum absolute atomic E-state index is 0.451. The maximum Gasteiger partial charge on any atom is 0.439 e. The standard InChI is InChI=1S/C16H13F8N3O2/c1-27(2)7-8(11(26-27)12(17)18)13(28)25-9-5-3-4-6-10(9)29-16(23,24)14(19)15(20,21)22/h3-7,12,14H,1-2H3/p+1. The lowest BCUT2D eigenvalue weighted by molar-refractivity contribution is -0.843. The number of hydrogen-bond donors (Lipinski definition) is 1. The molecule has 0 aliphatic carbocycles. The molecule has 1 atom stereocenters. The molecule has 0 saturated carbocycles.